The van der Waals surface area contributed by atoms with Crippen LogP contribution in [-0.4, -0.2) is 41.7 Å². The fourth-order valence-electron chi connectivity index (χ4n) is 2.56. The fourth-order valence-corrected chi connectivity index (χ4v) is 4.26. The Morgan fingerprint density at radius 3 is 2.80 bits per heavy atom. The molecule has 2 aliphatic rings. The van der Waals surface area contributed by atoms with Gasteiger partial charge in [0.25, 0.3) is 0 Å². The Balaban J connectivity index is 1.63. The van der Waals surface area contributed by atoms with E-state index in [1.54, 1.807) is 4.31 Å². The maximum atomic E-state index is 12.2. The van der Waals surface area contributed by atoms with Gasteiger partial charge in [0.1, 0.15) is 0 Å². The first kappa shape index (κ1) is 14.0. The van der Waals surface area contributed by atoms with E-state index in [4.69, 9.17) is 4.52 Å². The second kappa shape index (κ2) is 5.44. The molecule has 1 aliphatic heterocycles. The van der Waals surface area contributed by atoms with E-state index in [1.807, 2.05) is 6.92 Å². The van der Waals surface area contributed by atoms with Crippen molar-refractivity contribution in [3.63, 3.8) is 0 Å². The highest BCUT2D eigenvalue weighted by Gasteiger charge is 2.36. The summed E-state index contributed by atoms with van der Waals surface area (Å²) in [6, 6.07) is 0. The summed E-state index contributed by atoms with van der Waals surface area (Å²) in [6.45, 7) is 3.05. The van der Waals surface area contributed by atoms with Crippen LogP contribution in [0.2, 0.25) is 0 Å². The van der Waals surface area contributed by atoms with Crippen LogP contribution in [0.15, 0.2) is 4.52 Å². The molecule has 0 aromatic carbocycles. The molecule has 20 heavy (non-hydrogen) atoms. The van der Waals surface area contributed by atoms with Crippen molar-refractivity contribution in [2.24, 2.45) is 0 Å². The molecule has 1 aliphatic carbocycles. The number of sulfonamides is 1. The summed E-state index contributed by atoms with van der Waals surface area (Å²) in [6.07, 6.45) is 4.67. The lowest BCUT2D eigenvalue weighted by atomic mass is 10.1. The minimum Gasteiger partial charge on any atom is -0.339 e. The van der Waals surface area contributed by atoms with Crippen molar-refractivity contribution in [1.82, 2.24) is 14.4 Å². The maximum absolute atomic E-state index is 12.2. The molecule has 0 bridgehead atoms. The predicted molar refractivity (Wildman–Crippen MR) is 73.9 cm³/mol. The average molecular weight is 299 g/mol. The van der Waals surface area contributed by atoms with Crippen LogP contribution >= 0.6 is 0 Å². The minimum atomic E-state index is -3.12. The highest BCUT2D eigenvalue weighted by molar-refractivity contribution is 7.89. The maximum Gasteiger partial charge on any atom is 0.231 e. The van der Waals surface area contributed by atoms with Gasteiger partial charge in [-0.2, -0.15) is 4.98 Å². The van der Waals surface area contributed by atoms with Crippen LogP contribution in [-0.2, 0) is 10.0 Å². The Morgan fingerprint density at radius 1 is 1.30 bits per heavy atom. The smallest absolute Gasteiger partial charge is 0.231 e. The van der Waals surface area contributed by atoms with E-state index in [1.165, 1.54) is 0 Å². The Labute approximate surface area is 119 Å². The first-order chi connectivity index (χ1) is 9.60. The number of hydrogen-bond donors (Lipinski definition) is 0. The molecule has 3 rings (SSSR count). The molecule has 0 radical (unpaired) electrons. The summed E-state index contributed by atoms with van der Waals surface area (Å²) < 4.78 is 31.2. The van der Waals surface area contributed by atoms with Crippen molar-refractivity contribution in [2.75, 3.05) is 18.8 Å². The molecule has 1 saturated heterocycles. The fraction of sp³-hybridized carbons (Fsp3) is 0.846. The molecule has 1 atom stereocenters. The quantitative estimate of drug-likeness (QED) is 0.801. The van der Waals surface area contributed by atoms with Crippen LogP contribution in [0.25, 0.3) is 0 Å². The molecule has 2 fully saturated rings. The minimum absolute atomic E-state index is 0.0615. The molecule has 112 valence electrons. The number of unbranched alkanes of at least 4 members (excludes halogenated alkanes) is 1. The Bertz CT molecular complexity index is 565. The largest absolute Gasteiger partial charge is 0.339 e. The third-order valence-corrected chi connectivity index (χ3v) is 5.97. The molecule has 2 heterocycles. The molecule has 6 nitrogen and oxygen atoms in total. The van der Waals surface area contributed by atoms with Crippen LogP contribution in [0, 0.1) is 0 Å². The Hall–Kier alpha value is -0.950. The van der Waals surface area contributed by atoms with Crippen molar-refractivity contribution in [3.8, 4) is 0 Å². The first-order valence-electron chi connectivity index (χ1n) is 7.41. The van der Waals surface area contributed by atoms with Gasteiger partial charge in [0, 0.05) is 19.0 Å². The van der Waals surface area contributed by atoms with Crippen LogP contribution in [0.3, 0.4) is 0 Å². The lowest BCUT2D eigenvalue weighted by molar-refractivity contribution is 0.350. The van der Waals surface area contributed by atoms with Gasteiger partial charge in [0.15, 0.2) is 5.82 Å². The topological polar surface area (TPSA) is 76.3 Å². The number of hydrogen-bond acceptors (Lipinski definition) is 5. The first-order valence-corrected chi connectivity index (χ1v) is 9.02. The van der Waals surface area contributed by atoms with Crippen molar-refractivity contribution < 1.29 is 12.9 Å². The van der Waals surface area contributed by atoms with E-state index in [-0.39, 0.29) is 11.7 Å². The van der Waals surface area contributed by atoms with Crippen molar-refractivity contribution >= 4 is 10.0 Å². The summed E-state index contributed by atoms with van der Waals surface area (Å²) in [4.78, 5) is 4.43. The molecule has 7 heteroatoms. The van der Waals surface area contributed by atoms with Gasteiger partial charge < -0.3 is 4.52 Å². The second-order valence-electron chi connectivity index (χ2n) is 5.78. The molecule has 0 amide bonds. The molecule has 0 spiro atoms. The molecule has 1 unspecified atom stereocenters. The van der Waals surface area contributed by atoms with Crippen LogP contribution in [0.1, 0.15) is 62.6 Å². The summed E-state index contributed by atoms with van der Waals surface area (Å²) in [7, 11) is -3.12. The van der Waals surface area contributed by atoms with Crippen molar-refractivity contribution in [3.05, 3.63) is 11.7 Å². The molecule has 1 aromatic heterocycles. The Kier molecular flexibility index (Phi) is 3.81. The van der Waals surface area contributed by atoms with E-state index in [9.17, 15) is 8.42 Å². The summed E-state index contributed by atoms with van der Waals surface area (Å²) in [5.41, 5.74) is 0. The van der Waals surface area contributed by atoms with Crippen LogP contribution in [0.4, 0.5) is 0 Å². The normalized spacial score (nSPS) is 24.4. The van der Waals surface area contributed by atoms with Gasteiger partial charge in [0.05, 0.1) is 11.7 Å². The predicted octanol–water partition coefficient (Wildman–Crippen LogP) is 1.87. The zero-order valence-corrected chi connectivity index (χ0v) is 12.6. The van der Waals surface area contributed by atoms with Gasteiger partial charge in [-0.1, -0.05) is 18.5 Å². The highest BCUT2D eigenvalue weighted by atomic mass is 32.2. The van der Waals surface area contributed by atoms with Crippen molar-refractivity contribution in [2.45, 2.75) is 50.9 Å². The zero-order valence-electron chi connectivity index (χ0n) is 11.8. The zero-order chi connectivity index (χ0) is 14.2. The Morgan fingerprint density at radius 2 is 2.10 bits per heavy atom. The molecule has 1 aromatic rings. The lowest BCUT2D eigenvalue weighted by Gasteiger charge is -2.15. The second-order valence-corrected chi connectivity index (χ2v) is 7.87. The van der Waals surface area contributed by atoms with Gasteiger partial charge in [-0.25, -0.2) is 12.7 Å². The SMILES string of the molecule is CCCCS(=O)(=O)N1CCC(c2nc(C3CC3)no2)C1. The van der Waals surface area contributed by atoms with Gasteiger partial charge >= 0.3 is 0 Å². The molecule has 0 N–H and O–H groups in total. The molecule has 1 saturated carbocycles. The summed E-state index contributed by atoms with van der Waals surface area (Å²) >= 11 is 0. The third kappa shape index (κ3) is 2.88. The summed E-state index contributed by atoms with van der Waals surface area (Å²) in [5, 5.41) is 4.01. The standard InChI is InChI=1S/C13H21N3O3S/c1-2-3-8-20(17,18)16-7-6-11(9-16)13-14-12(15-19-13)10-4-5-10/h10-11H,2-9H2,1H3. The highest BCUT2D eigenvalue weighted by Crippen LogP contribution is 2.39. The lowest BCUT2D eigenvalue weighted by Crippen LogP contribution is -2.30. The monoisotopic (exact) mass is 299 g/mol. The average Bonchev–Trinajstić information content (AvgIpc) is 2.96. The number of rotatable bonds is 6. The van der Waals surface area contributed by atoms with Gasteiger partial charge in [-0.15, -0.1) is 0 Å². The van der Waals surface area contributed by atoms with E-state index < -0.39 is 10.0 Å². The van der Waals surface area contributed by atoms with Crippen molar-refractivity contribution in [1.29, 1.82) is 0 Å². The van der Waals surface area contributed by atoms with Gasteiger partial charge in [-0.05, 0) is 25.7 Å². The van der Waals surface area contributed by atoms with Gasteiger partial charge in [0.2, 0.25) is 15.9 Å². The number of nitrogens with zero attached hydrogens (tertiary/aromatic N) is 3. The van der Waals surface area contributed by atoms with E-state index in [2.05, 4.69) is 10.1 Å². The van der Waals surface area contributed by atoms with Crippen LogP contribution < -0.4 is 0 Å². The van der Waals surface area contributed by atoms with E-state index in [0.29, 0.717) is 24.9 Å². The molecular weight excluding hydrogens is 278 g/mol. The molecular formula is C13H21N3O3S. The summed E-state index contributed by atoms with van der Waals surface area (Å²) in [5.74, 6) is 2.19. The van der Waals surface area contributed by atoms with E-state index >= 15 is 0 Å². The third-order valence-electron chi connectivity index (χ3n) is 4.05. The number of aromatic nitrogens is 2. The van der Waals surface area contributed by atoms with Gasteiger partial charge in [-0.3, -0.25) is 0 Å². The van der Waals surface area contributed by atoms with Crippen LogP contribution in [0.5, 0.6) is 0 Å². The van der Waals surface area contributed by atoms with E-state index in [0.717, 1.165) is 37.9 Å².